The van der Waals surface area contributed by atoms with Gasteiger partial charge in [0.2, 0.25) is 11.9 Å². The van der Waals surface area contributed by atoms with Crippen LogP contribution in [-0.4, -0.2) is 103 Å². The molecule has 0 saturated carbocycles. The zero-order valence-corrected chi connectivity index (χ0v) is 17.4. The lowest BCUT2D eigenvalue weighted by atomic mass is 10.1. The van der Waals surface area contributed by atoms with E-state index >= 15 is 0 Å². The summed E-state index contributed by atoms with van der Waals surface area (Å²) in [7, 11) is 4.65. The topological polar surface area (TPSA) is 107 Å². The molecule has 2 unspecified atom stereocenters. The van der Waals surface area contributed by atoms with E-state index in [0.717, 1.165) is 11.3 Å². The van der Waals surface area contributed by atoms with Crippen LogP contribution in [0.25, 0.3) is 0 Å². The van der Waals surface area contributed by atoms with E-state index in [1.807, 2.05) is 18.2 Å². The molecule has 10 nitrogen and oxygen atoms in total. The summed E-state index contributed by atoms with van der Waals surface area (Å²) in [6.07, 6.45) is -0.136. The Labute approximate surface area is 175 Å². The number of aliphatic hydroxyl groups excluding tert-OH is 1. The first-order valence-electron chi connectivity index (χ1n) is 9.80. The van der Waals surface area contributed by atoms with Gasteiger partial charge in [0.05, 0.1) is 13.1 Å². The van der Waals surface area contributed by atoms with E-state index in [9.17, 15) is 14.7 Å². The van der Waals surface area contributed by atoms with Crippen molar-refractivity contribution in [3.63, 3.8) is 0 Å². The SMILES string of the molecule is COCCCNC1=[N+](CC(O)COc2ccccc2)C2C(=O)N(C)C(=O)N(C)C2=N1. The summed E-state index contributed by atoms with van der Waals surface area (Å²) >= 11 is 0. The molecule has 2 aliphatic heterocycles. The molecule has 1 fully saturated rings. The largest absolute Gasteiger partial charge is 0.491 e. The van der Waals surface area contributed by atoms with Crippen LogP contribution in [0.2, 0.25) is 0 Å². The van der Waals surface area contributed by atoms with Gasteiger partial charge >= 0.3 is 12.0 Å². The van der Waals surface area contributed by atoms with Crippen LogP contribution >= 0.6 is 0 Å². The maximum absolute atomic E-state index is 12.8. The lowest BCUT2D eigenvalue weighted by molar-refractivity contribution is -0.545. The summed E-state index contributed by atoms with van der Waals surface area (Å²) in [5.74, 6) is 1.04. The highest BCUT2D eigenvalue weighted by molar-refractivity contribution is 6.22. The maximum atomic E-state index is 12.8. The molecule has 0 spiro atoms. The van der Waals surface area contributed by atoms with Gasteiger partial charge in [-0.25, -0.2) is 9.37 Å². The van der Waals surface area contributed by atoms with Crippen molar-refractivity contribution in [3.8, 4) is 5.75 Å². The molecule has 2 atom stereocenters. The summed E-state index contributed by atoms with van der Waals surface area (Å²) in [6.45, 7) is 1.31. The highest BCUT2D eigenvalue weighted by Crippen LogP contribution is 2.19. The smallest absolute Gasteiger partial charge is 0.390 e. The number of hydrogen-bond donors (Lipinski definition) is 2. The molecule has 30 heavy (non-hydrogen) atoms. The van der Waals surface area contributed by atoms with Crippen LogP contribution in [0, 0.1) is 0 Å². The van der Waals surface area contributed by atoms with Crippen molar-refractivity contribution in [1.29, 1.82) is 0 Å². The lowest BCUT2D eigenvalue weighted by Gasteiger charge is -2.32. The highest BCUT2D eigenvalue weighted by Gasteiger charge is 2.51. The molecule has 0 bridgehead atoms. The van der Waals surface area contributed by atoms with Crippen molar-refractivity contribution in [2.24, 2.45) is 4.99 Å². The van der Waals surface area contributed by atoms with Crippen LogP contribution < -0.4 is 10.1 Å². The number of hydrogen-bond acceptors (Lipinski definition) is 7. The van der Waals surface area contributed by atoms with Gasteiger partial charge in [0.1, 0.15) is 18.5 Å². The standard InChI is InChI=1S/C20H27N5O5/c1-23-17-16(18(27)24(2)20(23)28)25(19(22-17)21-10-7-11-29-3)12-14(26)13-30-15-8-5-4-6-9-15/h4-6,8-9,14,16,26H,7,10-13H2,1-3H3/p+1. The van der Waals surface area contributed by atoms with Gasteiger partial charge in [-0.15, -0.1) is 0 Å². The Morgan fingerprint density at radius 2 is 1.97 bits per heavy atom. The van der Waals surface area contributed by atoms with Crippen molar-refractivity contribution in [2.45, 2.75) is 18.6 Å². The molecule has 3 amide bonds. The van der Waals surface area contributed by atoms with Gasteiger partial charge in [0, 0.05) is 34.2 Å². The van der Waals surface area contributed by atoms with Crippen molar-refractivity contribution >= 4 is 23.7 Å². The predicted octanol–water partition coefficient (Wildman–Crippen LogP) is -0.275. The minimum Gasteiger partial charge on any atom is -0.491 e. The predicted molar refractivity (Wildman–Crippen MR) is 110 cm³/mol. The number of aliphatic hydroxyl groups is 1. The molecule has 2 heterocycles. The summed E-state index contributed by atoms with van der Waals surface area (Å²) in [5, 5.41) is 13.8. The van der Waals surface area contributed by atoms with Crippen LogP contribution in [0.3, 0.4) is 0 Å². The summed E-state index contributed by atoms with van der Waals surface area (Å²) in [6, 6.07) is 7.96. The Morgan fingerprint density at radius 1 is 1.23 bits per heavy atom. The number of para-hydroxylation sites is 1. The molecule has 1 saturated heterocycles. The van der Waals surface area contributed by atoms with Crippen molar-refractivity contribution in [1.82, 2.24) is 15.1 Å². The quantitative estimate of drug-likeness (QED) is 0.422. The average molecular weight is 418 g/mol. The fourth-order valence-electron chi connectivity index (χ4n) is 3.34. The number of benzene rings is 1. The van der Waals surface area contributed by atoms with Crippen LogP contribution in [0.1, 0.15) is 6.42 Å². The summed E-state index contributed by atoms with van der Waals surface area (Å²) < 4.78 is 12.4. The van der Waals surface area contributed by atoms with E-state index in [0.29, 0.717) is 30.7 Å². The number of methoxy groups -OCH3 is 1. The third-order valence-corrected chi connectivity index (χ3v) is 4.93. The minimum atomic E-state index is -0.878. The molecular weight excluding hydrogens is 390 g/mol. The Morgan fingerprint density at radius 3 is 2.67 bits per heavy atom. The first kappa shape index (κ1) is 21.7. The van der Waals surface area contributed by atoms with Crippen LogP contribution in [0.4, 0.5) is 4.79 Å². The molecule has 2 aliphatic rings. The lowest BCUT2D eigenvalue weighted by Crippen LogP contribution is -2.62. The zero-order chi connectivity index (χ0) is 21.7. The van der Waals surface area contributed by atoms with E-state index in [4.69, 9.17) is 9.47 Å². The molecule has 10 heteroatoms. The Bertz CT molecular complexity index is 841. The van der Waals surface area contributed by atoms with E-state index in [1.165, 1.54) is 11.9 Å². The van der Waals surface area contributed by atoms with Gasteiger partial charge in [0.15, 0.2) is 0 Å². The molecule has 162 valence electrons. The monoisotopic (exact) mass is 418 g/mol. The van der Waals surface area contributed by atoms with E-state index in [1.54, 1.807) is 30.9 Å². The number of fused-ring (bicyclic) bond motifs is 1. The third kappa shape index (κ3) is 4.60. The number of amides is 3. The fourth-order valence-corrected chi connectivity index (χ4v) is 3.34. The third-order valence-electron chi connectivity index (χ3n) is 4.93. The number of amidine groups is 1. The molecule has 1 aromatic rings. The number of imide groups is 1. The number of nitrogens with one attached hydrogen (secondary N) is 1. The van der Waals surface area contributed by atoms with E-state index in [2.05, 4.69) is 10.3 Å². The maximum Gasteiger partial charge on any atom is 0.390 e. The number of rotatable bonds is 9. The highest BCUT2D eigenvalue weighted by atomic mass is 16.5. The Balaban J connectivity index is 1.76. The van der Waals surface area contributed by atoms with E-state index in [-0.39, 0.29) is 19.1 Å². The molecule has 2 N–H and O–H groups in total. The van der Waals surface area contributed by atoms with Crippen molar-refractivity contribution in [2.75, 3.05) is 47.5 Å². The van der Waals surface area contributed by atoms with Gasteiger partial charge in [-0.05, 0) is 12.1 Å². The second kappa shape index (κ2) is 9.68. The van der Waals surface area contributed by atoms with Gasteiger partial charge < -0.3 is 14.6 Å². The average Bonchev–Trinajstić information content (AvgIpc) is 3.11. The van der Waals surface area contributed by atoms with Crippen molar-refractivity contribution in [3.05, 3.63) is 30.3 Å². The number of guanidine groups is 1. The summed E-state index contributed by atoms with van der Waals surface area (Å²) in [4.78, 5) is 32.0. The minimum absolute atomic E-state index is 0.0539. The first-order valence-corrected chi connectivity index (χ1v) is 9.80. The Kier molecular flexibility index (Phi) is 7.01. The molecule has 0 aromatic heterocycles. The fraction of sp³-hybridized carbons (Fsp3) is 0.500. The van der Waals surface area contributed by atoms with Crippen LogP contribution in [0.5, 0.6) is 5.75 Å². The van der Waals surface area contributed by atoms with Gasteiger partial charge in [0.25, 0.3) is 5.91 Å². The number of carbonyl (C=O) groups excluding carboxylic acids is 2. The number of aliphatic imine (C=N–C) groups is 1. The number of urea groups is 1. The van der Waals surface area contributed by atoms with Gasteiger partial charge in [-0.3, -0.25) is 19.9 Å². The number of likely N-dealkylation sites (N-methyl/N-ethyl adjacent to an activating group) is 2. The number of nitrogens with zero attached hydrogens (tertiary/aromatic N) is 4. The summed E-state index contributed by atoms with van der Waals surface area (Å²) in [5.41, 5.74) is 0. The first-order chi connectivity index (χ1) is 14.4. The van der Waals surface area contributed by atoms with Crippen LogP contribution in [-0.2, 0) is 9.53 Å². The van der Waals surface area contributed by atoms with Crippen molar-refractivity contribution < 1.29 is 28.7 Å². The molecule has 0 radical (unpaired) electrons. The van der Waals surface area contributed by atoms with Crippen LogP contribution in [0.15, 0.2) is 35.3 Å². The molecule has 1 aromatic carbocycles. The normalized spacial score (nSPS) is 19.7. The Hall–Kier alpha value is -2.98. The second-order valence-corrected chi connectivity index (χ2v) is 7.14. The second-order valence-electron chi connectivity index (χ2n) is 7.14. The van der Waals surface area contributed by atoms with Gasteiger partial charge in [-0.1, -0.05) is 23.2 Å². The number of carbonyl (C=O) groups is 2. The molecular formula is C20H28N5O5+. The van der Waals surface area contributed by atoms with E-state index < -0.39 is 18.2 Å². The number of ether oxygens (including phenoxy) is 2. The molecule has 0 aliphatic carbocycles. The zero-order valence-electron chi connectivity index (χ0n) is 17.4. The van der Waals surface area contributed by atoms with Gasteiger partial charge in [-0.2, -0.15) is 0 Å². The molecule has 3 rings (SSSR count). The number of β-amino-alcohol motifs (C(OH)–C–C–N with tert-alkyl or cyclic N) is 1.